The summed E-state index contributed by atoms with van der Waals surface area (Å²) in [5, 5.41) is 6.03. The molecule has 156 valence electrons. The molecule has 2 heterocycles. The first-order valence-corrected chi connectivity index (χ1v) is 10.6. The van der Waals surface area contributed by atoms with Crippen molar-refractivity contribution in [2.24, 2.45) is 0 Å². The van der Waals surface area contributed by atoms with E-state index in [-0.39, 0.29) is 5.91 Å². The van der Waals surface area contributed by atoms with Crippen molar-refractivity contribution in [3.8, 4) is 0 Å². The van der Waals surface area contributed by atoms with Gasteiger partial charge in [-0.05, 0) is 45.6 Å². The summed E-state index contributed by atoms with van der Waals surface area (Å²) in [5.41, 5.74) is 4.12. The molecule has 1 saturated heterocycles. The van der Waals surface area contributed by atoms with Crippen molar-refractivity contribution < 1.29 is 14.3 Å². The third-order valence-electron chi connectivity index (χ3n) is 4.77. The monoisotopic (exact) mass is 427 g/mol. The molecule has 0 aromatic carbocycles. The lowest BCUT2D eigenvalue weighted by Crippen LogP contribution is -2.53. The van der Waals surface area contributed by atoms with Crippen LogP contribution in [0.2, 0.25) is 0 Å². The molecule has 0 radical (unpaired) electrons. The van der Waals surface area contributed by atoms with Crippen molar-refractivity contribution in [2.75, 3.05) is 58.7 Å². The van der Waals surface area contributed by atoms with Gasteiger partial charge >= 0.3 is 5.97 Å². The van der Waals surface area contributed by atoms with Gasteiger partial charge in [0.1, 0.15) is 5.00 Å². The van der Waals surface area contributed by atoms with Crippen LogP contribution in [-0.2, 0) is 4.74 Å². The average molecular weight is 428 g/mol. The molecule has 1 fully saturated rings. The first-order chi connectivity index (χ1) is 13.3. The second-order valence-corrected chi connectivity index (χ2v) is 8.01. The molecule has 1 aromatic heterocycles. The zero-order chi connectivity index (χ0) is 20.8. The van der Waals surface area contributed by atoms with Crippen LogP contribution in [0.3, 0.4) is 0 Å². The van der Waals surface area contributed by atoms with Crippen molar-refractivity contribution in [1.29, 1.82) is 0 Å². The maximum Gasteiger partial charge on any atom is 0.341 e. The van der Waals surface area contributed by atoms with Crippen LogP contribution >= 0.6 is 23.6 Å². The molecular formula is C18H29N5O3S2. The van der Waals surface area contributed by atoms with Gasteiger partial charge in [-0.15, -0.1) is 11.3 Å². The van der Waals surface area contributed by atoms with Gasteiger partial charge in [0.25, 0.3) is 5.91 Å². The highest BCUT2D eigenvalue weighted by Crippen LogP contribution is 2.34. The number of ether oxygens (including phenoxy) is 1. The Kier molecular flexibility index (Phi) is 8.17. The van der Waals surface area contributed by atoms with E-state index in [0.29, 0.717) is 39.2 Å². The van der Waals surface area contributed by atoms with E-state index in [0.717, 1.165) is 26.2 Å². The number of carbonyl (C=O) groups excluding carboxylic acids is 2. The molecule has 8 nitrogen and oxygen atoms in total. The van der Waals surface area contributed by atoms with Gasteiger partial charge in [-0.3, -0.25) is 10.2 Å². The summed E-state index contributed by atoms with van der Waals surface area (Å²) in [6.45, 7) is 10.4. The van der Waals surface area contributed by atoms with E-state index in [1.807, 2.05) is 18.9 Å². The number of methoxy groups -OCH3 is 1. The Bertz CT molecular complexity index is 725. The number of hydrogen-bond acceptors (Lipinski definition) is 7. The summed E-state index contributed by atoms with van der Waals surface area (Å²) in [6.07, 6.45) is 0. The van der Waals surface area contributed by atoms with Crippen LogP contribution in [0.1, 0.15) is 39.4 Å². The van der Waals surface area contributed by atoms with Crippen molar-refractivity contribution in [3.05, 3.63) is 16.0 Å². The predicted octanol–water partition coefficient (Wildman–Crippen LogP) is 1.77. The minimum atomic E-state index is -0.489. The van der Waals surface area contributed by atoms with Gasteiger partial charge in [0.05, 0.1) is 17.6 Å². The Morgan fingerprint density at radius 2 is 1.82 bits per heavy atom. The normalized spacial score (nSPS) is 15.2. The Balaban J connectivity index is 2.22. The number of rotatable bonds is 6. The number of nitrogens with one attached hydrogen (secondary N) is 2. The van der Waals surface area contributed by atoms with Crippen molar-refractivity contribution >= 4 is 45.5 Å². The minimum Gasteiger partial charge on any atom is -0.465 e. The van der Waals surface area contributed by atoms with Crippen molar-refractivity contribution in [1.82, 2.24) is 20.2 Å². The molecule has 10 heteroatoms. The number of nitrogens with zero attached hydrogens (tertiary/aromatic N) is 3. The van der Waals surface area contributed by atoms with Crippen LogP contribution in [0, 0.1) is 6.92 Å². The molecule has 2 rings (SSSR count). The number of thiophene rings is 1. The molecule has 0 spiro atoms. The number of amides is 1. The maximum atomic E-state index is 12.8. The number of thiocarbonyl (C=S) groups is 1. The number of carbonyl (C=O) groups is 2. The maximum absolute atomic E-state index is 12.8. The van der Waals surface area contributed by atoms with Gasteiger partial charge in [0.2, 0.25) is 0 Å². The van der Waals surface area contributed by atoms with Gasteiger partial charge in [-0.25, -0.2) is 9.80 Å². The van der Waals surface area contributed by atoms with Crippen LogP contribution in [0.4, 0.5) is 5.00 Å². The zero-order valence-corrected chi connectivity index (χ0v) is 18.8. The smallest absolute Gasteiger partial charge is 0.341 e. The highest BCUT2D eigenvalue weighted by molar-refractivity contribution is 7.80. The first-order valence-electron chi connectivity index (χ1n) is 9.34. The lowest BCUT2D eigenvalue weighted by molar-refractivity contribution is 0.0601. The number of likely N-dealkylation sites (N-methyl/N-ethyl adjacent to an activating group) is 1. The molecule has 0 saturated carbocycles. The SMILES string of the molecule is CCN(CC)C(=O)c1sc(NC(=S)NN2CCN(C)CC2)c(C(=O)OC)c1C. The summed E-state index contributed by atoms with van der Waals surface area (Å²) in [5.74, 6) is -0.583. The van der Waals surface area contributed by atoms with E-state index < -0.39 is 5.97 Å². The van der Waals surface area contributed by atoms with Crippen LogP contribution < -0.4 is 10.7 Å². The molecule has 1 amide bonds. The van der Waals surface area contributed by atoms with E-state index in [4.69, 9.17) is 17.0 Å². The highest BCUT2D eigenvalue weighted by atomic mass is 32.1. The van der Waals surface area contributed by atoms with Crippen molar-refractivity contribution in [3.63, 3.8) is 0 Å². The van der Waals surface area contributed by atoms with E-state index >= 15 is 0 Å². The fourth-order valence-electron chi connectivity index (χ4n) is 3.00. The molecule has 1 aliphatic rings. The number of piperazine rings is 1. The summed E-state index contributed by atoms with van der Waals surface area (Å²) in [6, 6.07) is 0. The number of hydrazine groups is 1. The summed E-state index contributed by atoms with van der Waals surface area (Å²) in [7, 11) is 3.41. The molecule has 2 N–H and O–H groups in total. The molecule has 1 aromatic rings. The standard InChI is InChI=1S/C18H29N5O3S2/c1-6-22(7-2)16(24)14-12(3)13(17(25)26-5)15(28-14)19-18(27)20-23-10-8-21(4)9-11-23/h6-11H2,1-5H3,(H2,19,20,27). The van der Waals surface area contributed by atoms with E-state index in [1.165, 1.54) is 18.4 Å². The summed E-state index contributed by atoms with van der Waals surface area (Å²) in [4.78, 5) is 29.7. The second kappa shape index (κ2) is 10.1. The van der Waals surface area contributed by atoms with Gasteiger partial charge in [-0.1, -0.05) is 0 Å². The lowest BCUT2D eigenvalue weighted by Gasteiger charge is -2.33. The molecule has 28 heavy (non-hydrogen) atoms. The number of anilines is 1. The third-order valence-corrected chi connectivity index (χ3v) is 6.16. The topological polar surface area (TPSA) is 77.2 Å². The van der Waals surface area contributed by atoms with Gasteiger partial charge in [-0.2, -0.15) is 0 Å². The predicted molar refractivity (Wildman–Crippen MR) is 116 cm³/mol. The summed E-state index contributed by atoms with van der Waals surface area (Å²) < 4.78 is 4.93. The number of esters is 1. The summed E-state index contributed by atoms with van der Waals surface area (Å²) >= 11 is 6.66. The number of hydrogen-bond donors (Lipinski definition) is 2. The zero-order valence-electron chi connectivity index (χ0n) is 17.1. The fourth-order valence-corrected chi connectivity index (χ4v) is 4.46. The van der Waals surface area contributed by atoms with Gasteiger partial charge in [0, 0.05) is 39.3 Å². The van der Waals surface area contributed by atoms with Crippen LogP contribution in [0.5, 0.6) is 0 Å². The fraction of sp³-hybridized carbons (Fsp3) is 0.611. The van der Waals surface area contributed by atoms with Gasteiger partial charge in [0.15, 0.2) is 5.11 Å². The van der Waals surface area contributed by atoms with Crippen LogP contribution in [0.15, 0.2) is 0 Å². The molecular weight excluding hydrogens is 398 g/mol. The second-order valence-electron chi connectivity index (χ2n) is 6.59. The highest BCUT2D eigenvalue weighted by Gasteiger charge is 2.27. The van der Waals surface area contributed by atoms with Gasteiger partial charge < -0.3 is 19.9 Å². The Morgan fingerprint density at radius 1 is 1.21 bits per heavy atom. The van der Waals surface area contributed by atoms with E-state index in [9.17, 15) is 9.59 Å². The molecule has 0 unspecified atom stereocenters. The molecule has 0 atom stereocenters. The van der Waals surface area contributed by atoms with Crippen LogP contribution in [0.25, 0.3) is 0 Å². The average Bonchev–Trinajstić information content (AvgIpc) is 2.99. The Hall–Kier alpha value is -1.75. The van der Waals surface area contributed by atoms with Crippen molar-refractivity contribution in [2.45, 2.75) is 20.8 Å². The van der Waals surface area contributed by atoms with E-state index in [2.05, 4.69) is 22.7 Å². The third kappa shape index (κ3) is 5.19. The molecule has 0 bridgehead atoms. The molecule has 1 aliphatic heterocycles. The molecule has 0 aliphatic carbocycles. The van der Waals surface area contributed by atoms with E-state index in [1.54, 1.807) is 11.8 Å². The quantitative estimate of drug-likeness (QED) is 0.526. The first kappa shape index (κ1) is 22.5. The Labute approximate surface area is 175 Å². The largest absolute Gasteiger partial charge is 0.465 e. The Morgan fingerprint density at radius 3 is 2.36 bits per heavy atom. The van der Waals surface area contributed by atoms with Crippen LogP contribution in [-0.4, -0.2) is 85.2 Å². The lowest BCUT2D eigenvalue weighted by atomic mass is 10.1. The minimum absolute atomic E-state index is 0.0938.